The van der Waals surface area contributed by atoms with E-state index >= 15 is 0 Å². The Balaban J connectivity index is 1.32. The van der Waals surface area contributed by atoms with Gasteiger partial charge in [0.15, 0.2) is 0 Å². The maximum Gasteiger partial charge on any atom is 0.0434 e. The zero-order valence-electron chi connectivity index (χ0n) is 20.7. The first-order chi connectivity index (χ1) is 17.8. The Morgan fingerprint density at radius 3 is 0.861 bits per heavy atom. The van der Waals surface area contributed by atoms with Crippen LogP contribution in [0, 0.1) is 11.8 Å². The molecule has 4 unspecified atom stereocenters. The summed E-state index contributed by atoms with van der Waals surface area (Å²) in [4.78, 5) is 19.2. The Bertz CT molecular complexity index is 1020. The lowest BCUT2D eigenvalue weighted by Crippen LogP contribution is -2.32. The minimum atomic E-state index is 0.473. The van der Waals surface area contributed by atoms with E-state index in [4.69, 9.17) is 19.9 Å². The topological polar surface area (TPSA) is 51.6 Å². The molecule has 4 heterocycles. The first kappa shape index (κ1) is 23.0. The van der Waals surface area contributed by atoms with Gasteiger partial charge in [-0.3, -0.25) is 19.9 Å². The van der Waals surface area contributed by atoms with Gasteiger partial charge in [0.05, 0.1) is 0 Å². The SMILES string of the molecule is c1ccc(C2CC(c3ccccn3)CC(C3CC(c4ccccn4)CC(c4ccccn4)C3)C2)nc1. The molecule has 4 heteroatoms. The molecule has 0 N–H and O–H groups in total. The van der Waals surface area contributed by atoms with Gasteiger partial charge in [-0.15, -0.1) is 0 Å². The molecule has 6 rings (SSSR count). The molecule has 2 saturated carbocycles. The van der Waals surface area contributed by atoms with Crippen LogP contribution in [0.1, 0.15) is 85.0 Å². The lowest BCUT2D eigenvalue weighted by atomic mass is 9.62. The van der Waals surface area contributed by atoms with Crippen LogP contribution in [0.3, 0.4) is 0 Å². The van der Waals surface area contributed by atoms with E-state index in [0.717, 1.165) is 12.8 Å². The van der Waals surface area contributed by atoms with Crippen LogP contribution in [-0.2, 0) is 0 Å². The molecule has 4 nitrogen and oxygen atoms in total. The third kappa shape index (κ3) is 5.09. The van der Waals surface area contributed by atoms with E-state index in [1.54, 1.807) is 0 Å². The first-order valence-corrected chi connectivity index (χ1v) is 13.5. The van der Waals surface area contributed by atoms with Gasteiger partial charge < -0.3 is 0 Å². The summed E-state index contributed by atoms with van der Waals surface area (Å²) < 4.78 is 0. The van der Waals surface area contributed by atoms with Crippen molar-refractivity contribution in [1.82, 2.24) is 19.9 Å². The van der Waals surface area contributed by atoms with Gasteiger partial charge in [-0.25, -0.2) is 0 Å². The van der Waals surface area contributed by atoms with E-state index in [2.05, 4.69) is 48.5 Å². The second kappa shape index (κ2) is 10.7. The molecule has 0 radical (unpaired) electrons. The van der Waals surface area contributed by atoms with Gasteiger partial charge >= 0.3 is 0 Å². The van der Waals surface area contributed by atoms with Crippen LogP contribution >= 0.6 is 0 Å². The standard InChI is InChI=1S/C32H34N4/c1-5-13-33-29(9-1)25-17-23(18-26(21-25)30-10-2-6-14-34-30)24-19-27(31-11-3-7-15-35-31)22-28(20-24)32-12-4-8-16-36-32/h1-16,23-28H,17-22H2. The summed E-state index contributed by atoms with van der Waals surface area (Å²) in [6, 6.07) is 25.5. The first-order valence-electron chi connectivity index (χ1n) is 13.5. The smallest absolute Gasteiger partial charge is 0.0434 e. The Labute approximate surface area is 214 Å². The van der Waals surface area contributed by atoms with Crippen molar-refractivity contribution < 1.29 is 0 Å². The highest BCUT2D eigenvalue weighted by Gasteiger charge is 2.40. The zero-order valence-corrected chi connectivity index (χ0v) is 20.7. The van der Waals surface area contributed by atoms with Crippen molar-refractivity contribution in [3.8, 4) is 0 Å². The van der Waals surface area contributed by atoms with Crippen LogP contribution in [-0.4, -0.2) is 19.9 Å². The summed E-state index contributed by atoms with van der Waals surface area (Å²) in [6.45, 7) is 0. The number of nitrogens with zero attached hydrogens (tertiary/aromatic N) is 4. The fourth-order valence-corrected chi connectivity index (χ4v) is 6.93. The van der Waals surface area contributed by atoms with E-state index < -0.39 is 0 Å². The molecule has 0 aromatic carbocycles. The van der Waals surface area contributed by atoms with Crippen LogP contribution in [0.2, 0.25) is 0 Å². The predicted molar refractivity (Wildman–Crippen MR) is 143 cm³/mol. The quantitative estimate of drug-likeness (QED) is 0.304. The molecule has 36 heavy (non-hydrogen) atoms. The average Bonchev–Trinajstić information content (AvgIpc) is 2.98. The molecule has 4 aromatic heterocycles. The summed E-state index contributed by atoms with van der Waals surface area (Å²) in [6.07, 6.45) is 14.9. The summed E-state index contributed by atoms with van der Waals surface area (Å²) in [5, 5.41) is 0. The second-order valence-electron chi connectivity index (χ2n) is 10.7. The van der Waals surface area contributed by atoms with Gasteiger partial charge in [-0.05, 0) is 98.9 Å². The molecule has 0 aliphatic heterocycles. The van der Waals surface area contributed by atoms with Crippen LogP contribution in [0.15, 0.2) is 97.6 Å². The molecule has 0 amide bonds. The number of aromatic nitrogens is 4. The number of rotatable bonds is 5. The minimum Gasteiger partial charge on any atom is -0.261 e. The highest BCUT2D eigenvalue weighted by Crippen LogP contribution is 2.52. The van der Waals surface area contributed by atoms with E-state index in [1.165, 1.54) is 48.5 Å². The van der Waals surface area contributed by atoms with Gasteiger partial charge in [0.25, 0.3) is 0 Å². The Morgan fingerprint density at radius 2 is 0.639 bits per heavy atom. The predicted octanol–water partition coefficient (Wildman–Crippen LogP) is 7.30. The summed E-state index contributed by atoms with van der Waals surface area (Å²) >= 11 is 0. The molecule has 0 saturated heterocycles. The normalized spacial score (nSPS) is 28.4. The van der Waals surface area contributed by atoms with Crippen molar-refractivity contribution in [2.45, 2.75) is 62.2 Å². The van der Waals surface area contributed by atoms with Gasteiger partial charge in [0, 0.05) is 71.2 Å². The zero-order chi connectivity index (χ0) is 24.2. The van der Waals surface area contributed by atoms with Crippen molar-refractivity contribution in [2.24, 2.45) is 11.8 Å². The maximum absolute atomic E-state index is 4.79. The van der Waals surface area contributed by atoms with E-state index in [9.17, 15) is 0 Å². The Morgan fingerprint density at radius 1 is 0.361 bits per heavy atom. The van der Waals surface area contributed by atoms with Crippen LogP contribution in [0.5, 0.6) is 0 Å². The molecular weight excluding hydrogens is 440 g/mol. The van der Waals surface area contributed by atoms with Gasteiger partial charge in [0.1, 0.15) is 0 Å². The van der Waals surface area contributed by atoms with Gasteiger partial charge in [0.2, 0.25) is 0 Å². The number of hydrogen-bond acceptors (Lipinski definition) is 4. The van der Waals surface area contributed by atoms with Crippen LogP contribution in [0.4, 0.5) is 0 Å². The molecule has 182 valence electrons. The number of hydrogen-bond donors (Lipinski definition) is 0. The fraction of sp³-hybridized carbons (Fsp3) is 0.375. The Hall–Kier alpha value is -3.40. The fourth-order valence-electron chi connectivity index (χ4n) is 6.93. The average molecular weight is 475 g/mol. The van der Waals surface area contributed by atoms with Crippen molar-refractivity contribution >= 4 is 0 Å². The molecule has 2 aliphatic carbocycles. The van der Waals surface area contributed by atoms with Gasteiger partial charge in [-0.2, -0.15) is 0 Å². The highest BCUT2D eigenvalue weighted by molar-refractivity contribution is 5.20. The molecular formula is C32H34N4. The third-order valence-electron chi connectivity index (χ3n) is 8.58. The van der Waals surface area contributed by atoms with Crippen molar-refractivity contribution in [1.29, 1.82) is 0 Å². The summed E-state index contributed by atoms with van der Waals surface area (Å²) in [7, 11) is 0. The van der Waals surface area contributed by atoms with E-state index in [-0.39, 0.29) is 0 Å². The largest absolute Gasteiger partial charge is 0.261 e. The highest BCUT2D eigenvalue weighted by atomic mass is 14.7. The molecule has 4 atom stereocenters. The lowest BCUT2D eigenvalue weighted by molar-refractivity contribution is 0.144. The lowest BCUT2D eigenvalue weighted by Gasteiger charge is -2.43. The molecule has 4 aromatic rings. The van der Waals surface area contributed by atoms with E-state index in [0.29, 0.717) is 35.5 Å². The van der Waals surface area contributed by atoms with Gasteiger partial charge in [-0.1, -0.05) is 24.3 Å². The van der Waals surface area contributed by atoms with Crippen molar-refractivity contribution in [3.05, 3.63) is 120 Å². The molecule has 0 spiro atoms. The van der Waals surface area contributed by atoms with E-state index in [1.807, 2.05) is 49.1 Å². The summed E-state index contributed by atoms with van der Waals surface area (Å²) in [5.41, 5.74) is 4.95. The minimum absolute atomic E-state index is 0.473. The molecule has 2 fully saturated rings. The maximum atomic E-state index is 4.79. The second-order valence-corrected chi connectivity index (χ2v) is 10.7. The van der Waals surface area contributed by atoms with Crippen LogP contribution in [0.25, 0.3) is 0 Å². The summed E-state index contributed by atoms with van der Waals surface area (Å²) in [5.74, 6) is 3.16. The molecule has 2 aliphatic rings. The third-order valence-corrected chi connectivity index (χ3v) is 8.58. The monoisotopic (exact) mass is 474 g/mol. The Kier molecular flexibility index (Phi) is 6.84. The van der Waals surface area contributed by atoms with Crippen molar-refractivity contribution in [3.63, 3.8) is 0 Å². The number of pyridine rings is 4. The van der Waals surface area contributed by atoms with Crippen molar-refractivity contribution in [2.75, 3.05) is 0 Å². The van der Waals surface area contributed by atoms with Crippen LogP contribution < -0.4 is 0 Å². The molecule has 0 bridgehead atoms.